The van der Waals surface area contributed by atoms with E-state index >= 15 is 0 Å². The number of piperidine rings is 1. The molecule has 0 bridgehead atoms. The van der Waals surface area contributed by atoms with Crippen LogP contribution < -0.4 is 5.01 Å². The first-order valence-electron chi connectivity index (χ1n) is 7.03. The Morgan fingerprint density at radius 1 is 1.21 bits per heavy atom. The molecule has 1 fully saturated rings. The van der Waals surface area contributed by atoms with Gasteiger partial charge >= 0.3 is 0 Å². The van der Waals surface area contributed by atoms with Gasteiger partial charge in [0.05, 0.1) is 16.9 Å². The zero-order valence-corrected chi connectivity index (χ0v) is 12.3. The van der Waals surface area contributed by atoms with Crippen LogP contribution in [0, 0.1) is 0 Å². The minimum absolute atomic E-state index is 0.449. The van der Waals surface area contributed by atoms with Crippen LogP contribution in [0.1, 0.15) is 38.9 Å². The summed E-state index contributed by atoms with van der Waals surface area (Å²) in [6.07, 6.45) is 3.78. The van der Waals surface area contributed by atoms with E-state index in [1.807, 2.05) is 6.07 Å². The zero-order valence-electron chi connectivity index (χ0n) is 11.5. The Kier molecular flexibility index (Phi) is 3.40. The third kappa shape index (κ3) is 2.10. The van der Waals surface area contributed by atoms with Gasteiger partial charge in [-0.2, -0.15) is 0 Å². The predicted molar refractivity (Wildman–Crippen MR) is 80.3 cm³/mol. The fourth-order valence-corrected chi connectivity index (χ4v) is 3.38. The van der Waals surface area contributed by atoms with Crippen LogP contribution >= 0.6 is 11.6 Å². The number of hydrogen-bond acceptors (Lipinski definition) is 2. The molecule has 0 N–H and O–H groups in total. The van der Waals surface area contributed by atoms with Gasteiger partial charge in [-0.3, -0.25) is 0 Å². The summed E-state index contributed by atoms with van der Waals surface area (Å²) in [5.41, 5.74) is 2.20. The second-order valence-electron chi connectivity index (χ2n) is 5.47. The summed E-state index contributed by atoms with van der Waals surface area (Å²) >= 11 is 6.11. The van der Waals surface area contributed by atoms with E-state index in [1.54, 1.807) is 0 Å². The number of imidazole rings is 1. The number of nitrogens with zero attached hydrogens (tertiary/aromatic N) is 3. The maximum atomic E-state index is 6.11. The highest BCUT2D eigenvalue weighted by Gasteiger charge is 2.28. The van der Waals surface area contributed by atoms with Crippen molar-refractivity contribution in [2.75, 3.05) is 5.01 Å². The number of hydrogen-bond donors (Lipinski definition) is 0. The highest BCUT2D eigenvalue weighted by atomic mass is 35.5. The van der Waals surface area contributed by atoms with Crippen molar-refractivity contribution < 1.29 is 0 Å². The van der Waals surface area contributed by atoms with E-state index in [0.717, 1.165) is 11.3 Å². The fraction of sp³-hybridized carbons (Fsp3) is 0.533. The summed E-state index contributed by atoms with van der Waals surface area (Å²) in [7, 11) is 0. The van der Waals surface area contributed by atoms with Gasteiger partial charge in [-0.1, -0.05) is 12.1 Å². The molecule has 4 heteroatoms. The normalized spacial score (nSPS) is 24.1. The van der Waals surface area contributed by atoms with Crippen molar-refractivity contribution in [2.45, 2.75) is 51.1 Å². The molecule has 0 aliphatic carbocycles. The maximum absolute atomic E-state index is 6.11. The molecule has 1 saturated heterocycles. The van der Waals surface area contributed by atoms with Crippen molar-refractivity contribution in [3.05, 3.63) is 30.1 Å². The molecule has 1 aliphatic rings. The smallest absolute Gasteiger partial charge is 0.143 e. The van der Waals surface area contributed by atoms with Crippen molar-refractivity contribution in [2.24, 2.45) is 0 Å². The molecule has 0 spiro atoms. The van der Waals surface area contributed by atoms with E-state index in [1.165, 1.54) is 24.8 Å². The van der Waals surface area contributed by atoms with E-state index < -0.39 is 0 Å². The molecule has 3 nitrogen and oxygen atoms in total. The molecule has 102 valence electrons. The topological polar surface area (TPSA) is 21.1 Å². The standard InChI is InChI=1S/C15H20ClN3/c1-11-6-5-7-12(2)18(11)19-14-9-4-3-8-13(14)17-15(19)10-16/h3-4,8-9,11-12H,5-7,10H2,1-2H3. The SMILES string of the molecule is CC1CCCC(C)N1n1c(CCl)nc2ccccc21. The van der Waals surface area contributed by atoms with E-state index in [4.69, 9.17) is 11.6 Å². The quantitative estimate of drug-likeness (QED) is 0.781. The Balaban J connectivity index is 2.16. The summed E-state index contributed by atoms with van der Waals surface area (Å²) in [5, 5.41) is 2.45. The predicted octanol–water partition coefficient (Wildman–Crippen LogP) is 3.67. The largest absolute Gasteiger partial charge is 0.305 e. The first-order valence-corrected chi connectivity index (χ1v) is 7.56. The van der Waals surface area contributed by atoms with Gasteiger partial charge in [-0.25, -0.2) is 9.66 Å². The molecule has 0 amide bonds. The number of benzene rings is 1. The summed E-state index contributed by atoms with van der Waals surface area (Å²) < 4.78 is 2.25. The first kappa shape index (κ1) is 12.8. The van der Waals surface area contributed by atoms with E-state index in [-0.39, 0.29) is 0 Å². The van der Waals surface area contributed by atoms with Gasteiger partial charge in [0.15, 0.2) is 0 Å². The lowest BCUT2D eigenvalue weighted by atomic mass is 10.00. The number of alkyl halides is 1. The highest BCUT2D eigenvalue weighted by molar-refractivity contribution is 6.16. The number of aromatic nitrogens is 2. The number of halogens is 1. The maximum Gasteiger partial charge on any atom is 0.143 e. The monoisotopic (exact) mass is 277 g/mol. The van der Waals surface area contributed by atoms with Gasteiger partial charge in [0.1, 0.15) is 5.82 Å². The summed E-state index contributed by atoms with van der Waals surface area (Å²) in [6, 6.07) is 9.35. The van der Waals surface area contributed by atoms with Gasteiger partial charge in [0.2, 0.25) is 0 Å². The van der Waals surface area contributed by atoms with Crippen molar-refractivity contribution in [3.63, 3.8) is 0 Å². The second-order valence-corrected chi connectivity index (χ2v) is 5.74. The van der Waals surface area contributed by atoms with Crippen LogP contribution in [0.3, 0.4) is 0 Å². The molecule has 0 radical (unpaired) electrons. The first-order chi connectivity index (χ1) is 9.22. The number of rotatable bonds is 2. The van der Waals surface area contributed by atoms with E-state index in [0.29, 0.717) is 18.0 Å². The third-order valence-electron chi connectivity index (χ3n) is 4.10. The highest BCUT2D eigenvalue weighted by Crippen LogP contribution is 2.26. The minimum Gasteiger partial charge on any atom is -0.305 e. The molecule has 19 heavy (non-hydrogen) atoms. The van der Waals surface area contributed by atoms with Crippen LogP contribution in [-0.2, 0) is 5.88 Å². The van der Waals surface area contributed by atoms with Crippen molar-refractivity contribution >= 4 is 22.6 Å². The average molecular weight is 278 g/mol. The van der Waals surface area contributed by atoms with Gasteiger partial charge in [-0.15, -0.1) is 11.6 Å². The van der Waals surface area contributed by atoms with Gasteiger partial charge in [-0.05, 0) is 45.2 Å². The van der Waals surface area contributed by atoms with Crippen molar-refractivity contribution in [1.82, 2.24) is 9.66 Å². The lowest BCUT2D eigenvalue weighted by Crippen LogP contribution is -2.51. The Hall–Kier alpha value is -1.22. The van der Waals surface area contributed by atoms with Crippen LogP contribution in [0.2, 0.25) is 0 Å². The molecule has 1 aromatic heterocycles. The molecule has 1 aliphatic heterocycles. The second kappa shape index (κ2) is 5.04. The molecule has 2 heterocycles. The Morgan fingerprint density at radius 3 is 2.58 bits per heavy atom. The van der Waals surface area contributed by atoms with Crippen LogP contribution in [0.25, 0.3) is 11.0 Å². The Bertz CT molecular complexity index is 568. The molecule has 2 aromatic rings. The number of para-hydroxylation sites is 2. The Labute approximate surface area is 119 Å². The molecular weight excluding hydrogens is 258 g/mol. The number of fused-ring (bicyclic) bond motifs is 1. The summed E-state index contributed by atoms with van der Waals surface area (Å²) in [6.45, 7) is 4.59. The van der Waals surface area contributed by atoms with E-state index in [2.05, 4.69) is 46.7 Å². The van der Waals surface area contributed by atoms with Crippen LogP contribution in [0.15, 0.2) is 24.3 Å². The van der Waals surface area contributed by atoms with Crippen molar-refractivity contribution in [3.8, 4) is 0 Å². The van der Waals surface area contributed by atoms with Crippen LogP contribution in [0.5, 0.6) is 0 Å². The van der Waals surface area contributed by atoms with Crippen molar-refractivity contribution in [1.29, 1.82) is 0 Å². The minimum atomic E-state index is 0.449. The van der Waals surface area contributed by atoms with Crippen LogP contribution in [0.4, 0.5) is 0 Å². The van der Waals surface area contributed by atoms with E-state index in [9.17, 15) is 0 Å². The van der Waals surface area contributed by atoms with Crippen LogP contribution in [-0.4, -0.2) is 21.7 Å². The Morgan fingerprint density at radius 2 is 1.89 bits per heavy atom. The molecule has 2 unspecified atom stereocenters. The average Bonchev–Trinajstić information content (AvgIpc) is 2.77. The molecule has 1 aromatic carbocycles. The fourth-order valence-electron chi connectivity index (χ4n) is 3.21. The summed E-state index contributed by atoms with van der Waals surface area (Å²) in [4.78, 5) is 4.66. The third-order valence-corrected chi connectivity index (χ3v) is 4.34. The molecule has 3 rings (SSSR count). The summed E-state index contributed by atoms with van der Waals surface area (Å²) in [5.74, 6) is 1.40. The van der Waals surface area contributed by atoms with Gasteiger partial charge in [0.25, 0.3) is 0 Å². The molecule has 2 atom stereocenters. The van der Waals surface area contributed by atoms with Gasteiger partial charge < -0.3 is 5.01 Å². The zero-order chi connectivity index (χ0) is 13.4. The molecule has 0 saturated carbocycles. The molecular formula is C15H20ClN3. The van der Waals surface area contributed by atoms with Gasteiger partial charge in [0, 0.05) is 12.1 Å². The lowest BCUT2D eigenvalue weighted by Gasteiger charge is -2.42. The lowest BCUT2D eigenvalue weighted by molar-refractivity contribution is 0.337.